The number of fused-ring (bicyclic) bond motifs is 1. The fraction of sp³-hybridized carbons (Fsp3) is 0.310. The summed E-state index contributed by atoms with van der Waals surface area (Å²) in [6, 6.07) is 21.4. The van der Waals surface area contributed by atoms with Gasteiger partial charge >= 0.3 is 0 Å². The Hall–Kier alpha value is -2.92. The molecule has 1 amide bonds. The van der Waals surface area contributed by atoms with Crippen LogP contribution in [0.2, 0.25) is 0 Å². The summed E-state index contributed by atoms with van der Waals surface area (Å²) in [5, 5.41) is 0.637. The molecular formula is C29H34N4O3S3. The molecule has 0 fully saturated rings. The Labute approximate surface area is 239 Å². The van der Waals surface area contributed by atoms with Crippen molar-refractivity contribution in [3.05, 3.63) is 78.4 Å². The highest BCUT2D eigenvalue weighted by molar-refractivity contribution is 7.98. The molecule has 0 aliphatic heterocycles. The van der Waals surface area contributed by atoms with Gasteiger partial charge in [-0.15, -0.1) is 11.8 Å². The molecule has 7 nitrogen and oxygen atoms in total. The third kappa shape index (κ3) is 6.46. The third-order valence-corrected chi connectivity index (χ3v) is 10.3. The molecule has 0 unspecified atom stereocenters. The van der Waals surface area contributed by atoms with Crippen molar-refractivity contribution in [2.75, 3.05) is 48.2 Å². The molecule has 0 aliphatic carbocycles. The van der Waals surface area contributed by atoms with Gasteiger partial charge in [-0.2, -0.15) is 0 Å². The quantitative estimate of drug-likeness (QED) is 0.185. The molecule has 4 rings (SSSR count). The van der Waals surface area contributed by atoms with Crippen molar-refractivity contribution in [3.8, 4) is 0 Å². The summed E-state index contributed by atoms with van der Waals surface area (Å²) in [7, 11) is -3.78. The van der Waals surface area contributed by atoms with Crippen LogP contribution in [-0.2, 0) is 10.0 Å². The van der Waals surface area contributed by atoms with Gasteiger partial charge in [-0.1, -0.05) is 43.4 Å². The molecule has 0 N–H and O–H groups in total. The van der Waals surface area contributed by atoms with Crippen LogP contribution in [-0.4, -0.2) is 63.2 Å². The maximum Gasteiger partial charge on any atom is 0.264 e. The van der Waals surface area contributed by atoms with Gasteiger partial charge in [0.05, 0.1) is 20.8 Å². The van der Waals surface area contributed by atoms with E-state index in [0.717, 1.165) is 28.2 Å². The number of amides is 1. The molecule has 10 heteroatoms. The smallest absolute Gasteiger partial charge is 0.264 e. The van der Waals surface area contributed by atoms with Gasteiger partial charge in [0.15, 0.2) is 5.13 Å². The average Bonchev–Trinajstić information content (AvgIpc) is 3.39. The van der Waals surface area contributed by atoms with Gasteiger partial charge in [-0.25, -0.2) is 13.4 Å². The highest BCUT2D eigenvalue weighted by Gasteiger charge is 2.26. The first-order valence-electron chi connectivity index (χ1n) is 13.0. The number of aromatic nitrogens is 1. The van der Waals surface area contributed by atoms with E-state index >= 15 is 0 Å². The second-order valence-corrected chi connectivity index (χ2v) is 12.6. The number of carbonyl (C=O) groups excluding carboxylic acids is 1. The van der Waals surface area contributed by atoms with Gasteiger partial charge < -0.3 is 4.90 Å². The lowest BCUT2D eigenvalue weighted by Gasteiger charge is -2.25. The van der Waals surface area contributed by atoms with E-state index in [1.165, 1.54) is 27.8 Å². The van der Waals surface area contributed by atoms with Gasteiger partial charge in [-0.05, 0) is 80.9 Å². The lowest BCUT2D eigenvalue weighted by Crippen LogP contribution is -2.39. The number of hydrogen-bond donors (Lipinski definition) is 0. The minimum absolute atomic E-state index is 0.143. The Morgan fingerprint density at radius 3 is 2.21 bits per heavy atom. The number of thiazole rings is 1. The van der Waals surface area contributed by atoms with Crippen LogP contribution in [0.15, 0.2) is 82.6 Å². The van der Waals surface area contributed by atoms with E-state index in [4.69, 9.17) is 4.98 Å². The van der Waals surface area contributed by atoms with Crippen molar-refractivity contribution < 1.29 is 13.2 Å². The van der Waals surface area contributed by atoms with Crippen molar-refractivity contribution in [3.63, 3.8) is 0 Å². The molecule has 206 valence electrons. The van der Waals surface area contributed by atoms with Crippen molar-refractivity contribution in [1.82, 2.24) is 9.88 Å². The summed E-state index contributed by atoms with van der Waals surface area (Å²) in [4.78, 5) is 23.9. The summed E-state index contributed by atoms with van der Waals surface area (Å²) < 4.78 is 29.2. The molecule has 0 spiro atoms. The second kappa shape index (κ2) is 13.0. The van der Waals surface area contributed by atoms with Gasteiger partial charge in [0.1, 0.15) is 0 Å². The summed E-state index contributed by atoms with van der Waals surface area (Å²) in [6.07, 6.45) is 2.03. The SMILES string of the molecule is CCN(CC)CCN(C(=O)c1ccc(S(=O)(=O)N(CC)c2ccccc2)cc1)c1nc2ccc(SC)cc2s1. The molecule has 3 aromatic carbocycles. The number of sulfonamides is 1. The first-order chi connectivity index (χ1) is 18.8. The number of nitrogens with zero attached hydrogens (tertiary/aromatic N) is 4. The van der Waals surface area contributed by atoms with E-state index < -0.39 is 10.0 Å². The number of para-hydroxylation sites is 1. The molecule has 0 radical (unpaired) electrons. The molecule has 0 bridgehead atoms. The van der Waals surface area contributed by atoms with Gasteiger partial charge in [-0.3, -0.25) is 14.0 Å². The van der Waals surface area contributed by atoms with Crippen LogP contribution in [0.25, 0.3) is 10.2 Å². The molecule has 4 aromatic rings. The number of thioether (sulfide) groups is 1. The van der Waals surface area contributed by atoms with Crippen LogP contribution in [0.4, 0.5) is 10.8 Å². The Morgan fingerprint density at radius 1 is 0.897 bits per heavy atom. The average molecular weight is 583 g/mol. The van der Waals surface area contributed by atoms with Crippen molar-refractivity contribution >= 4 is 60.1 Å². The highest BCUT2D eigenvalue weighted by Crippen LogP contribution is 2.32. The number of anilines is 2. The van der Waals surface area contributed by atoms with Crippen molar-refractivity contribution in [2.45, 2.75) is 30.6 Å². The lowest BCUT2D eigenvalue weighted by atomic mass is 10.2. The summed E-state index contributed by atoms with van der Waals surface area (Å²) in [5.74, 6) is -0.203. The summed E-state index contributed by atoms with van der Waals surface area (Å²) >= 11 is 3.17. The summed E-state index contributed by atoms with van der Waals surface area (Å²) in [5.41, 5.74) is 1.87. The maximum absolute atomic E-state index is 13.8. The van der Waals surface area contributed by atoms with Crippen LogP contribution in [0.5, 0.6) is 0 Å². The first-order valence-corrected chi connectivity index (χ1v) is 16.5. The zero-order chi connectivity index (χ0) is 28.0. The summed E-state index contributed by atoms with van der Waals surface area (Å²) in [6.45, 7) is 9.26. The predicted molar refractivity (Wildman–Crippen MR) is 164 cm³/mol. The van der Waals surface area contributed by atoms with Crippen LogP contribution in [0.3, 0.4) is 0 Å². The van der Waals surface area contributed by atoms with Crippen molar-refractivity contribution in [2.24, 2.45) is 0 Å². The van der Waals surface area contributed by atoms with Crippen LogP contribution in [0.1, 0.15) is 31.1 Å². The van der Waals surface area contributed by atoms with E-state index in [-0.39, 0.29) is 10.8 Å². The number of hydrogen-bond acceptors (Lipinski definition) is 7. The normalized spacial score (nSPS) is 11.7. The standard InChI is InChI=1S/C29H34N4O3S3/c1-5-31(6-2)19-20-32(29-30-26-18-15-24(37-4)21-27(26)38-29)28(34)22-13-16-25(17-14-22)39(35,36)33(7-3)23-11-9-8-10-12-23/h8-18,21H,5-7,19-20H2,1-4H3. The van der Waals surface area contributed by atoms with Crippen molar-refractivity contribution in [1.29, 1.82) is 0 Å². The number of rotatable bonds is 12. The molecule has 0 aliphatic rings. The number of carbonyl (C=O) groups is 1. The minimum atomic E-state index is -3.78. The Bertz CT molecular complexity index is 1500. The zero-order valence-electron chi connectivity index (χ0n) is 22.7. The third-order valence-electron chi connectivity index (χ3n) is 6.62. The number of benzene rings is 3. The Balaban J connectivity index is 1.65. The molecule has 39 heavy (non-hydrogen) atoms. The molecular weight excluding hydrogens is 549 g/mol. The minimum Gasteiger partial charge on any atom is -0.302 e. The number of likely N-dealkylation sites (N-methyl/N-ethyl adjacent to an activating group) is 1. The predicted octanol–water partition coefficient (Wildman–Crippen LogP) is 6.22. The second-order valence-electron chi connectivity index (χ2n) is 8.84. The van der Waals surface area contributed by atoms with E-state index in [2.05, 4.69) is 24.8 Å². The van der Waals surface area contributed by atoms with E-state index in [0.29, 0.717) is 36.0 Å². The molecule has 1 aromatic heterocycles. The Morgan fingerprint density at radius 2 is 1.59 bits per heavy atom. The molecule has 0 saturated heterocycles. The highest BCUT2D eigenvalue weighted by atomic mass is 32.2. The monoisotopic (exact) mass is 582 g/mol. The topological polar surface area (TPSA) is 73.8 Å². The fourth-order valence-corrected chi connectivity index (χ4v) is 7.36. The van der Waals surface area contributed by atoms with Gasteiger partial charge in [0.25, 0.3) is 15.9 Å². The van der Waals surface area contributed by atoms with Crippen LogP contribution >= 0.6 is 23.1 Å². The van der Waals surface area contributed by atoms with E-state index in [1.54, 1.807) is 47.9 Å². The molecule has 0 saturated carbocycles. The molecule has 1 heterocycles. The largest absolute Gasteiger partial charge is 0.302 e. The Kier molecular flexibility index (Phi) is 9.66. The molecule has 0 atom stereocenters. The van der Waals surface area contributed by atoms with E-state index in [1.807, 2.05) is 36.6 Å². The lowest BCUT2D eigenvalue weighted by molar-refractivity contribution is 0.0983. The van der Waals surface area contributed by atoms with E-state index in [9.17, 15) is 13.2 Å². The fourth-order valence-electron chi connectivity index (χ4n) is 4.34. The maximum atomic E-state index is 13.8. The first kappa shape index (κ1) is 29.1. The van der Waals surface area contributed by atoms with Crippen LogP contribution < -0.4 is 9.21 Å². The van der Waals surface area contributed by atoms with Gasteiger partial charge in [0.2, 0.25) is 0 Å². The van der Waals surface area contributed by atoms with Crippen LogP contribution in [0, 0.1) is 0 Å². The van der Waals surface area contributed by atoms with Gasteiger partial charge in [0, 0.05) is 30.1 Å². The zero-order valence-corrected chi connectivity index (χ0v) is 25.2.